The van der Waals surface area contributed by atoms with Crippen LogP contribution in [0.25, 0.3) is 0 Å². The van der Waals surface area contributed by atoms with Gasteiger partial charge in [0.25, 0.3) is 0 Å². The highest BCUT2D eigenvalue weighted by molar-refractivity contribution is 6.17. The minimum absolute atomic E-state index is 0.213. The number of ether oxygens (including phenoxy) is 1. The molecule has 0 aliphatic carbocycles. The van der Waals surface area contributed by atoms with Crippen molar-refractivity contribution < 1.29 is 9.53 Å². The van der Waals surface area contributed by atoms with Gasteiger partial charge in [0.1, 0.15) is 0 Å². The summed E-state index contributed by atoms with van der Waals surface area (Å²) < 4.78 is 5.62. The highest BCUT2D eigenvalue weighted by atomic mass is 35.5. The van der Waals surface area contributed by atoms with Gasteiger partial charge in [-0.05, 0) is 25.3 Å². The molecule has 0 N–H and O–H groups in total. The second kappa shape index (κ2) is 7.65. The molecule has 0 saturated carbocycles. The van der Waals surface area contributed by atoms with Gasteiger partial charge in [0.2, 0.25) is 5.91 Å². The Balaban J connectivity index is 1.78. The summed E-state index contributed by atoms with van der Waals surface area (Å²) >= 11 is 5.61. The van der Waals surface area contributed by atoms with Crippen molar-refractivity contribution in [2.75, 3.05) is 25.6 Å². The number of rotatable bonds is 5. The Kier molecular flexibility index (Phi) is 5.86. The molecule has 4 heteroatoms. The highest BCUT2D eigenvalue weighted by Crippen LogP contribution is 2.15. The van der Waals surface area contributed by atoms with Gasteiger partial charge in [-0.15, -0.1) is 11.6 Å². The van der Waals surface area contributed by atoms with Crippen molar-refractivity contribution in [3.8, 4) is 0 Å². The molecule has 1 heterocycles. The summed E-state index contributed by atoms with van der Waals surface area (Å²) in [5.41, 5.74) is 2.31. The molecule has 3 nitrogen and oxygen atoms in total. The fourth-order valence-electron chi connectivity index (χ4n) is 2.48. The quantitative estimate of drug-likeness (QED) is 0.782. The summed E-state index contributed by atoms with van der Waals surface area (Å²) in [6.07, 6.45) is 2.58. The van der Waals surface area contributed by atoms with Crippen LogP contribution in [0.3, 0.4) is 0 Å². The molecule has 1 aliphatic rings. The predicted octanol–water partition coefficient (Wildman–Crippen LogP) is 2.78. The second-order valence-corrected chi connectivity index (χ2v) is 5.68. The topological polar surface area (TPSA) is 29.5 Å². The average Bonchev–Trinajstić information content (AvgIpc) is 2.48. The minimum atomic E-state index is 0.213. The number of aryl methyl sites for hydroxylation is 1. The molecule has 2 rings (SSSR count). The Bertz CT molecular complexity index is 425. The van der Waals surface area contributed by atoms with Crippen LogP contribution in [0.15, 0.2) is 24.3 Å². The van der Waals surface area contributed by atoms with Gasteiger partial charge >= 0.3 is 0 Å². The molecule has 0 spiro atoms. The third-order valence-corrected chi connectivity index (χ3v) is 3.86. The third-order valence-electron chi connectivity index (χ3n) is 3.70. The number of hydrogen-bond donors (Lipinski definition) is 0. The highest BCUT2D eigenvalue weighted by Gasteiger charge is 2.22. The molecule has 20 heavy (non-hydrogen) atoms. The Hall–Kier alpha value is -1.06. The lowest BCUT2D eigenvalue weighted by Crippen LogP contribution is -2.41. The first-order chi connectivity index (χ1) is 9.69. The number of piperidine rings is 1. The number of nitrogens with zero attached hydrogens (tertiary/aromatic N) is 1. The number of likely N-dealkylation sites (tertiary alicyclic amines) is 1. The van der Waals surface area contributed by atoms with E-state index in [4.69, 9.17) is 16.3 Å². The number of carbonyl (C=O) groups is 1. The molecule has 0 aromatic heterocycles. The lowest BCUT2D eigenvalue weighted by Gasteiger charge is -2.32. The van der Waals surface area contributed by atoms with Crippen LogP contribution in [0.4, 0.5) is 0 Å². The molecule has 110 valence electrons. The molecular formula is C16H22ClNO2. The van der Waals surface area contributed by atoms with E-state index in [1.54, 1.807) is 0 Å². The van der Waals surface area contributed by atoms with Crippen molar-refractivity contribution in [2.45, 2.75) is 32.3 Å². The molecule has 1 aromatic carbocycles. The summed E-state index contributed by atoms with van der Waals surface area (Å²) in [6.45, 7) is 4.23. The largest absolute Gasteiger partial charge is 0.377 e. The van der Waals surface area contributed by atoms with Crippen LogP contribution in [0.2, 0.25) is 0 Å². The summed E-state index contributed by atoms with van der Waals surface area (Å²) in [5, 5.41) is 0. The average molecular weight is 296 g/mol. The van der Waals surface area contributed by atoms with E-state index in [0.717, 1.165) is 31.5 Å². The zero-order valence-electron chi connectivity index (χ0n) is 12.0. The standard InChI is InChI=1S/C16H22ClNO2/c1-13-2-4-14(5-3-13)12-16(19)18-9-6-15(7-10-18)20-11-8-17/h2-5,15H,6-12H2,1H3. The van der Waals surface area contributed by atoms with E-state index in [-0.39, 0.29) is 12.0 Å². The van der Waals surface area contributed by atoms with Crippen molar-refractivity contribution in [1.29, 1.82) is 0 Å². The second-order valence-electron chi connectivity index (χ2n) is 5.30. The maximum absolute atomic E-state index is 12.2. The van der Waals surface area contributed by atoms with Crippen molar-refractivity contribution >= 4 is 17.5 Å². The number of halogens is 1. The Morgan fingerprint density at radius 2 is 1.95 bits per heavy atom. The fraction of sp³-hybridized carbons (Fsp3) is 0.562. The predicted molar refractivity (Wildman–Crippen MR) is 81.2 cm³/mol. The van der Waals surface area contributed by atoms with Gasteiger partial charge in [0, 0.05) is 19.0 Å². The van der Waals surface area contributed by atoms with Crippen LogP contribution in [-0.4, -0.2) is 42.5 Å². The molecule has 0 atom stereocenters. The SMILES string of the molecule is Cc1ccc(CC(=O)N2CCC(OCCCl)CC2)cc1. The summed E-state index contributed by atoms with van der Waals surface area (Å²) in [7, 11) is 0. The van der Waals surface area contributed by atoms with Crippen molar-refractivity contribution in [2.24, 2.45) is 0 Å². The van der Waals surface area contributed by atoms with Gasteiger partial charge in [-0.3, -0.25) is 4.79 Å². The molecule has 0 unspecified atom stereocenters. The van der Waals surface area contributed by atoms with E-state index in [9.17, 15) is 4.79 Å². The number of amides is 1. The van der Waals surface area contributed by atoms with E-state index >= 15 is 0 Å². The van der Waals surface area contributed by atoms with Crippen molar-refractivity contribution in [1.82, 2.24) is 4.90 Å². The lowest BCUT2D eigenvalue weighted by molar-refractivity contribution is -0.133. The smallest absolute Gasteiger partial charge is 0.226 e. The van der Waals surface area contributed by atoms with E-state index < -0.39 is 0 Å². The first-order valence-electron chi connectivity index (χ1n) is 7.20. The van der Waals surface area contributed by atoms with Crippen LogP contribution in [0, 0.1) is 6.92 Å². The number of carbonyl (C=O) groups excluding carboxylic acids is 1. The third kappa shape index (κ3) is 4.50. The van der Waals surface area contributed by atoms with Crippen molar-refractivity contribution in [3.63, 3.8) is 0 Å². The van der Waals surface area contributed by atoms with Gasteiger partial charge < -0.3 is 9.64 Å². The summed E-state index contributed by atoms with van der Waals surface area (Å²) in [6, 6.07) is 8.16. The molecule has 1 aromatic rings. The van der Waals surface area contributed by atoms with E-state index in [1.165, 1.54) is 5.56 Å². The van der Waals surface area contributed by atoms with Gasteiger partial charge in [-0.2, -0.15) is 0 Å². The van der Waals surface area contributed by atoms with Crippen LogP contribution < -0.4 is 0 Å². The van der Waals surface area contributed by atoms with Gasteiger partial charge in [0.05, 0.1) is 19.1 Å². The molecule has 0 bridgehead atoms. The fourth-order valence-corrected chi connectivity index (χ4v) is 2.56. The molecule has 1 fully saturated rings. The Labute approximate surface area is 125 Å². The van der Waals surface area contributed by atoms with Crippen molar-refractivity contribution in [3.05, 3.63) is 35.4 Å². The Morgan fingerprint density at radius 1 is 1.30 bits per heavy atom. The molecule has 1 amide bonds. The van der Waals surface area contributed by atoms with E-state index in [1.807, 2.05) is 17.0 Å². The Morgan fingerprint density at radius 3 is 2.55 bits per heavy atom. The van der Waals surface area contributed by atoms with Gasteiger partial charge in [-0.1, -0.05) is 29.8 Å². The zero-order chi connectivity index (χ0) is 14.4. The number of alkyl halides is 1. The summed E-state index contributed by atoms with van der Waals surface area (Å²) in [4.78, 5) is 14.2. The van der Waals surface area contributed by atoms with Crippen LogP contribution >= 0.6 is 11.6 Å². The maximum Gasteiger partial charge on any atom is 0.226 e. The monoisotopic (exact) mass is 295 g/mol. The van der Waals surface area contributed by atoms with E-state index in [2.05, 4.69) is 19.1 Å². The lowest BCUT2D eigenvalue weighted by atomic mass is 10.1. The van der Waals surface area contributed by atoms with E-state index in [0.29, 0.717) is 18.9 Å². The van der Waals surface area contributed by atoms with Crippen LogP contribution in [-0.2, 0) is 16.0 Å². The number of hydrogen-bond acceptors (Lipinski definition) is 2. The molecule has 1 saturated heterocycles. The van der Waals surface area contributed by atoms with Gasteiger partial charge in [-0.25, -0.2) is 0 Å². The normalized spacial score (nSPS) is 16.4. The first-order valence-corrected chi connectivity index (χ1v) is 7.73. The molecule has 1 aliphatic heterocycles. The number of benzene rings is 1. The summed E-state index contributed by atoms with van der Waals surface area (Å²) in [5.74, 6) is 0.747. The van der Waals surface area contributed by atoms with Crippen LogP contribution in [0.5, 0.6) is 0 Å². The van der Waals surface area contributed by atoms with Gasteiger partial charge in [0.15, 0.2) is 0 Å². The molecule has 0 radical (unpaired) electrons. The maximum atomic E-state index is 12.2. The molecular weight excluding hydrogens is 274 g/mol. The first kappa shape index (κ1) is 15.3. The van der Waals surface area contributed by atoms with Crippen LogP contribution in [0.1, 0.15) is 24.0 Å². The minimum Gasteiger partial charge on any atom is -0.377 e. The zero-order valence-corrected chi connectivity index (χ0v) is 12.7.